The number of rotatable bonds is 5. The van der Waals surface area contributed by atoms with Crippen molar-refractivity contribution in [3.05, 3.63) is 58.4 Å². The molecule has 0 unspecified atom stereocenters. The average molecular weight is 309 g/mol. The number of hydrogen-bond acceptors (Lipinski definition) is 3. The summed E-state index contributed by atoms with van der Waals surface area (Å²) in [6.07, 6.45) is 0. The molecule has 0 atom stereocenters. The summed E-state index contributed by atoms with van der Waals surface area (Å²) in [5.74, 6) is -0.584. The first-order valence-electron chi connectivity index (χ1n) is 6.27. The molecule has 2 aromatic rings. The molecule has 0 radical (unpaired) electrons. The molecule has 0 spiro atoms. The van der Waals surface area contributed by atoms with Gasteiger partial charge in [0.25, 0.3) is 0 Å². The van der Waals surface area contributed by atoms with E-state index in [9.17, 15) is 9.18 Å². The number of aryl methyl sites for hydroxylation is 1. The van der Waals surface area contributed by atoms with Gasteiger partial charge in [-0.25, -0.2) is 4.39 Å². The molecule has 0 amide bonds. The van der Waals surface area contributed by atoms with E-state index in [-0.39, 0.29) is 23.2 Å². The normalized spacial score (nSPS) is 10.3. The maximum absolute atomic E-state index is 13.6. The summed E-state index contributed by atoms with van der Waals surface area (Å²) in [4.78, 5) is 12.2. The smallest absolute Gasteiger partial charge is 0.203 e. The predicted octanol–water partition coefficient (Wildman–Crippen LogP) is 4.06. The van der Waals surface area contributed by atoms with E-state index in [0.29, 0.717) is 11.3 Å². The van der Waals surface area contributed by atoms with Gasteiger partial charge in [0.05, 0.1) is 17.7 Å². The van der Waals surface area contributed by atoms with E-state index in [2.05, 4.69) is 0 Å². The van der Waals surface area contributed by atoms with Crippen molar-refractivity contribution in [2.45, 2.75) is 6.92 Å². The number of halogens is 2. The van der Waals surface area contributed by atoms with Crippen molar-refractivity contribution in [1.29, 1.82) is 0 Å². The van der Waals surface area contributed by atoms with Crippen LogP contribution < -0.4 is 9.47 Å². The maximum Gasteiger partial charge on any atom is 0.203 e. The molecule has 110 valence electrons. The molecule has 0 fully saturated rings. The Bertz CT molecular complexity index is 650. The fourth-order valence-corrected chi connectivity index (χ4v) is 2.08. The Morgan fingerprint density at radius 1 is 1.29 bits per heavy atom. The van der Waals surface area contributed by atoms with Crippen LogP contribution in [-0.4, -0.2) is 19.5 Å². The topological polar surface area (TPSA) is 35.5 Å². The van der Waals surface area contributed by atoms with Gasteiger partial charge in [0.15, 0.2) is 18.2 Å². The second-order valence-corrected chi connectivity index (χ2v) is 4.87. The van der Waals surface area contributed by atoms with Crippen LogP contribution >= 0.6 is 11.6 Å². The van der Waals surface area contributed by atoms with Gasteiger partial charge in [0.2, 0.25) is 5.78 Å². The minimum absolute atomic E-state index is 0.124. The first kappa shape index (κ1) is 15.3. The highest BCUT2D eigenvalue weighted by molar-refractivity contribution is 6.32. The second kappa shape index (κ2) is 6.59. The van der Waals surface area contributed by atoms with Crippen LogP contribution in [0.4, 0.5) is 4.39 Å². The number of hydrogen-bond donors (Lipinski definition) is 0. The van der Waals surface area contributed by atoms with Crippen molar-refractivity contribution in [2.24, 2.45) is 0 Å². The highest BCUT2D eigenvalue weighted by atomic mass is 35.5. The van der Waals surface area contributed by atoms with E-state index in [4.69, 9.17) is 21.1 Å². The summed E-state index contributed by atoms with van der Waals surface area (Å²) in [6, 6.07) is 9.39. The standard InChI is InChI=1S/C16H14ClFO3/c1-10-6-7-11(15(8-10)20-2)14(19)9-21-16-12(17)4-3-5-13(16)18/h3-8H,9H2,1-2H3. The largest absolute Gasteiger partial charge is 0.496 e. The molecule has 2 rings (SSSR count). The Kier molecular flexibility index (Phi) is 4.81. The van der Waals surface area contributed by atoms with Crippen LogP contribution in [-0.2, 0) is 0 Å². The summed E-state index contributed by atoms with van der Waals surface area (Å²) < 4.78 is 23.9. The van der Waals surface area contributed by atoms with Gasteiger partial charge in [0, 0.05) is 0 Å². The summed E-state index contributed by atoms with van der Waals surface area (Å²) in [5.41, 5.74) is 1.36. The Hall–Kier alpha value is -2.07. The van der Waals surface area contributed by atoms with Gasteiger partial charge < -0.3 is 9.47 Å². The quantitative estimate of drug-likeness (QED) is 0.781. The SMILES string of the molecule is COc1cc(C)ccc1C(=O)COc1c(F)cccc1Cl. The zero-order valence-corrected chi connectivity index (χ0v) is 12.4. The van der Waals surface area contributed by atoms with Crippen molar-refractivity contribution in [3.8, 4) is 11.5 Å². The van der Waals surface area contributed by atoms with Crippen LogP contribution in [0, 0.1) is 12.7 Å². The molecule has 2 aromatic carbocycles. The van der Waals surface area contributed by atoms with Gasteiger partial charge in [-0.15, -0.1) is 0 Å². The molecule has 0 aliphatic heterocycles. The van der Waals surface area contributed by atoms with Crippen LogP contribution in [0.15, 0.2) is 36.4 Å². The van der Waals surface area contributed by atoms with Gasteiger partial charge in [-0.2, -0.15) is 0 Å². The van der Waals surface area contributed by atoms with Gasteiger partial charge in [-0.1, -0.05) is 23.7 Å². The van der Waals surface area contributed by atoms with Crippen molar-refractivity contribution >= 4 is 17.4 Å². The second-order valence-electron chi connectivity index (χ2n) is 4.47. The number of para-hydroxylation sites is 1. The zero-order valence-electron chi connectivity index (χ0n) is 11.7. The van der Waals surface area contributed by atoms with Crippen molar-refractivity contribution < 1.29 is 18.7 Å². The van der Waals surface area contributed by atoms with Crippen LogP contribution in [0.2, 0.25) is 5.02 Å². The summed E-state index contributed by atoms with van der Waals surface area (Å²) in [7, 11) is 1.49. The van der Waals surface area contributed by atoms with E-state index in [1.807, 2.05) is 6.92 Å². The number of carbonyl (C=O) groups excluding carboxylic acids is 1. The maximum atomic E-state index is 13.6. The lowest BCUT2D eigenvalue weighted by molar-refractivity contribution is 0.0916. The summed E-state index contributed by atoms with van der Waals surface area (Å²) >= 11 is 5.84. The lowest BCUT2D eigenvalue weighted by Gasteiger charge is -2.11. The number of benzene rings is 2. The summed E-state index contributed by atoms with van der Waals surface area (Å²) in [6.45, 7) is 1.58. The third-order valence-corrected chi connectivity index (χ3v) is 3.22. The van der Waals surface area contributed by atoms with Crippen LogP contribution in [0.3, 0.4) is 0 Å². The van der Waals surface area contributed by atoms with E-state index in [1.165, 1.54) is 25.3 Å². The molecule has 5 heteroatoms. The number of methoxy groups -OCH3 is 1. The zero-order chi connectivity index (χ0) is 15.4. The molecule has 0 aromatic heterocycles. The fourth-order valence-electron chi connectivity index (χ4n) is 1.86. The van der Waals surface area contributed by atoms with Gasteiger partial charge >= 0.3 is 0 Å². The number of ketones is 1. The highest BCUT2D eigenvalue weighted by Crippen LogP contribution is 2.28. The van der Waals surface area contributed by atoms with Crippen molar-refractivity contribution in [2.75, 3.05) is 13.7 Å². The Labute approximate surface area is 127 Å². The average Bonchev–Trinajstić information content (AvgIpc) is 2.46. The predicted molar refractivity (Wildman–Crippen MR) is 79.0 cm³/mol. The first-order chi connectivity index (χ1) is 10.0. The first-order valence-corrected chi connectivity index (χ1v) is 6.65. The molecular weight excluding hydrogens is 295 g/mol. The minimum atomic E-state index is -0.605. The summed E-state index contributed by atoms with van der Waals surface area (Å²) in [5, 5.41) is 0.124. The molecule has 0 aliphatic carbocycles. The van der Waals surface area contributed by atoms with Gasteiger partial charge in [-0.3, -0.25) is 4.79 Å². The molecule has 0 saturated carbocycles. The van der Waals surface area contributed by atoms with Crippen LogP contribution in [0.25, 0.3) is 0 Å². The van der Waals surface area contributed by atoms with Crippen molar-refractivity contribution in [3.63, 3.8) is 0 Å². The lowest BCUT2D eigenvalue weighted by atomic mass is 10.1. The monoisotopic (exact) mass is 308 g/mol. The third kappa shape index (κ3) is 3.52. The minimum Gasteiger partial charge on any atom is -0.496 e. The lowest BCUT2D eigenvalue weighted by Crippen LogP contribution is -2.13. The highest BCUT2D eigenvalue weighted by Gasteiger charge is 2.15. The van der Waals surface area contributed by atoms with E-state index in [0.717, 1.165) is 5.56 Å². The molecule has 0 aliphatic rings. The molecule has 0 heterocycles. The Morgan fingerprint density at radius 3 is 2.71 bits per heavy atom. The van der Waals surface area contributed by atoms with Crippen LogP contribution in [0.1, 0.15) is 15.9 Å². The molecule has 21 heavy (non-hydrogen) atoms. The molecule has 0 saturated heterocycles. The van der Waals surface area contributed by atoms with Gasteiger partial charge in [0.1, 0.15) is 5.75 Å². The number of ether oxygens (including phenoxy) is 2. The van der Waals surface area contributed by atoms with E-state index in [1.54, 1.807) is 18.2 Å². The fraction of sp³-hybridized carbons (Fsp3) is 0.188. The van der Waals surface area contributed by atoms with Crippen LogP contribution in [0.5, 0.6) is 11.5 Å². The Balaban J connectivity index is 2.16. The third-order valence-electron chi connectivity index (χ3n) is 2.92. The molecular formula is C16H14ClFO3. The molecule has 0 N–H and O–H groups in total. The molecule has 0 bridgehead atoms. The van der Waals surface area contributed by atoms with E-state index >= 15 is 0 Å². The number of Topliss-reactive ketones (excluding diaryl/α,β-unsaturated/α-hetero) is 1. The molecule has 3 nitrogen and oxygen atoms in total. The Morgan fingerprint density at radius 2 is 2.05 bits per heavy atom. The van der Waals surface area contributed by atoms with Crippen molar-refractivity contribution in [1.82, 2.24) is 0 Å². The van der Waals surface area contributed by atoms with E-state index < -0.39 is 5.82 Å². The number of carbonyl (C=O) groups is 1. The van der Waals surface area contributed by atoms with Gasteiger partial charge in [-0.05, 0) is 36.8 Å².